The monoisotopic (exact) mass is 339 g/mol. The van der Waals surface area contributed by atoms with Gasteiger partial charge >= 0.3 is 0 Å². The van der Waals surface area contributed by atoms with Crippen molar-refractivity contribution >= 4 is 17.5 Å². The van der Waals surface area contributed by atoms with Crippen molar-refractivity contribution in [3.05, 3.63) is 82.6 Å². The number of rotatable bonds is 5. The van der Waals surface area contributed by atoms with E-state index in [1.807, 2.05) is 61.5 Å². The SMILES string of the molecule is Cc1cc(C(=O)NCCc2cccc(Cl)c2)nn1-c1ccccc1. The smallest absolute Gasteiger partial charge is 0.271 e. The van der Waals surface area contributed by atoms with Crippen LogP contribution in [0.4, 0.5) is 0 Å². The van der Waals surface area contributed by atoms with E-state index in [1.54, 1.807) is 10.7 Å². The standard InChI is InChI=1S/C19H18ClN3O/c1-14-12-18(22-23(14)17-8-3-2-4-9-17)19(24)21-11-10-15-6-5-7-16(20)13-15/h2-9,12-13H,10-11H2,1H3,(H,21,24). The average Bonchev–Trinajstić information content (AvgIpc) is 2.98. The van der Waals surface area contributed by atoms with Gasteiger partial charge in [-0.05, 0) is 49.2 Å². The largest absolute Gasteiger partial charge is 0.350 e. The Morgan fingerprint density at radius 2 is 1.92 bits per heavy atom. The Labute approximate surface area is 146 Å². The van der Waals surface area contributed by atoms with E-state index in [-0.39, 0.29) is 5.91 Å². The number of benzene rings is 2. The first-order chi connectivity index (χ1) is 11.6. The predicted molar refractivity (Wildman–Crippen MR) is 95.8 cm³/mol. The van der Waals surface area contributed by atoms with Gasteiger partial charge in [0.25, 0.3) is 5.91 Å². The molecule has 1 amide bonds. The summed E-state index contributed by atoms with van der Waals surface area (Å²) in [6, 6.07) is 19.2. The number of hydrogen-bond donors (Lipinski definition) is 1. The molecule has 122 valence electrons. The van der Waals surface area contributed by atoms with Crippen molar-refractivity contribution in [1.82, 2.24) is 15.1 Å². The molecule has 1 aromatic heterocycles. The van der Waals surface area contributed by atoms with E-state index >= 15 is 0 Å². The molecule has 3 aromatic rings. The van der Waals surface area contributed by atoms with Crippen LogP contribution < -0.4 is 5.32 Å². The van der Waals surface area contributed by atoms with Crippen LogP contribution in [0.25, 0.3) is 5.69 Å². The van der Waals surface area contributed by atoms with E-state index in [2.05, 4.69) is 10.4 Å². The van der Waals surface area contributed by atoms with E-state index in [1.165, 1.54) is 0 Å². The lowest BCUT2D eigenvalue weighted by molar-refractivity contribution is 0.0948. The lowest BCUT2D eigenvalue weighted by atomic mass is 10.1. The minimum Gasteiger partial charge on any atom is -0.350 e. The van der Waals surface area contributed by atoms with Crippen LogP contribution >= 0.6 is 11.6 Å². The van der Waals surface area contributed by atoms with Crippen molar-refractivity contribution < 1.29 is 4.79 Å². The minimum absolute atomic E-state index is 0.171. The topological polar surface area (TPSA) is 46.9 Å². The van der Waals surface area contributed by atoms with Crippen LogP contribution in [-0.2, 0) is 6.42 Å². The fourth-order valence-electron chi connectivity index (χ4n) is 2.52. The zero-order chi connectivity index (χ0) is 16.9. The highest BCUT2D eigenvalue weighted by Gasteiger charge is 2.12. The number of carbonyl (C=O) groups is 1. The normalized spacial score (nSPS) is 10.6. The predicted octanol–water partition coefficient (Wildman–Crippen LogP) is 3.81. The molecule has 24 heavy (non-hydrogen) atoms. The second kappa shape index (κ2) is 7.32. The van der Waals surface area contributed by atoms with Crippen LogP contribution in [-0.4, -0.2) is 22.2 Å². The van der Waals surface area contributed by atoms with Crippen molar-refractivity contribution in [3.63, 3.8) is 0 Å². The summed E-state index contributed by atoms with van der Waals surface area (Å²) in [6.07, 6.45) is 0.727. The summed E-state index contributed by atoms with van der Waals surface area (Å²) >= 11 is 5.96. The quantitative estimate of drug-likeness (QED) is 0.768. The van der Waals surface area contributed by atoms with Crippen LogP contribution in [0.3, 0.4) is 0 Å². The van der Waals surface area contributed by atoms with Gasteiger partial charge in [-0.1, -0.05) is 41.9 Å². The third kappa shape index (κ3) is 3.84. The minimum atomic E-state index is -0.171. The average molecular weight is 340 g/mol. The van der Waals surface area contributed by atoms with Gasteiger partial charge in [0.1, 0.15) is 0 Å². The number of amides is 1. The van der Waals surface area contributed by atoms with Gasteiger partial charge in [-0.2, -0.15) is 5.10 Å². The molecule has 0 saturated heterocycles. The summed E-state index contributed by atoms with van der Waals surface area (Å²) in [6.45, 7) is 2.47. The number of aryl methyl sites for hydroxylation is 1. The molecule has 5 heteroatoms. The molecule has 1 heterocycles. The molecule has 0 fully saturated rings. The van der Waals surface area contributed by atoms with Gasteiger partial charge in [-0.25, -0.2) is 4.68 Å². The maximum absolute atomic E-state index is 12.3. The Bertz CT molecular complexity index is 843. The molecule has 0 aliphatic carbocycles. The van der Waals surface area contributed by atoms with Gasteiger partial charge in [-0.15, -0.1) is 0 Å². The van der Waals surface area contributed by atoms with E-state index < -0.39 is 0 Å². The van der Waals surface area contributed by atoms with Crippen molar-refractivity contribution in [1.29, 1.82) is 0 Å². The van der Waals surface area contributed by atoms with E-state index in [9.17, 15) is 4.79 Å². The highest BCUT2D eigenvalue weighted by atomic mass is 35.5. The molecule has 1 N–H and O–H groups in total. The van der Waals surface area contributed by atoms with Gasteiger partial charge in [-0.3, -0.25) is 4.79 Å². The van der Waals surface area contributed by atoms with Crippen molar-refractivity contribution in [2.45, 2.75) is 13.3 Å². The zero-order valence-electron chi connectivity index (χ0n) is 13.4. The maximum atomic E-state index is 12.3. The third-order valence-corrected chi connectivity index (χ3v) is 3.94. The van der Waals surface area contributed by atoms with Crippen molar-refractivity contribution in [2.24, 2.45) is 0 Å². The molecule has 0 aliphatic heterocycles. The number of halogens is 1. The lowest BCUT2D eigenvalue weighted by Gasteiger charge is -2.04. The molecule has 0 spiro atoms. The number of para-hydroxylation sites is 1. The molecular formula is C19H18ClN3O. The first kappa shape index (κ1) is 16.3. The van der Waals surface area contributed by atoms with Gasteiger partial charge in [0, 0.05) is 17.3 Å². The van der Waals surface area contributed by atoms with Gasteiger partial charge in [0.05, 0.1) is 5.69 Å². The number of nitrogens with zero attached hydrogens (tertiary/aromatic N) is 2. The van der Waals surface area contributed by atoms with Crippen LogP contribution in [0, 0.1) is 6.92 Å². The Kier molecular flexibility index (Phi) is 4.96. The maximum Gasteiger partial charge on any atom is 0.271 e. The molecule has 4 nitrogen and oxygen atoms in total. The van der Waals surface area contributed by atoms with Gasteiger partial charge < -0.3 is 5.32 Å². The van der Waals surface area contributed by atoms with Gasteiger partial charge in [0.2, 0.25) is 0 Å². The highest BCUT2D eigenvalue weighted by molar-refractivity contribution is 6.30. The highest BCUT2D eigenvalue weighted by Crippen LogP contribution is 2.12. The Balaban J connectivity index is 1.63. The fraction of sp³-hybridized carbons (Fsp3) is 0.158. The van der Waals surface area contributed by atoms with Crippen molar-refractivity contribution in [2.75, 3.05) is 6.54 Å². The van der Waals surface area contributed by atoms with Crippen LogP contribution in [0.5, 0.6) is 0 Å². The molecule has 3 rings (SSSR count). The number of carbonyl (C=O) groups excluding carboxylic acids is 1. The summed E-state index contributed by atoms with van der Waals surface area (Å²) in [5.41, 5.74) is 3.37. The summed E-state index contributed by atoms with van der Waals surface area (Å²) in [4.78, 5) is 12.3. The summed E-state index contributed by atoms with van der Waals surface area (Å²) in [5.74, 6) is -0.171. The Hall–Kier alpha value is -2.59. The summed E-state index contributed by atoms with van der Waals surface area (Å²) < 4.78 is 1.77. The molecule has 2 aromatic carbocycles. The molecule has 0 saturated carbocycles. The first-order valence-corrected chi connectivity index (χ1v) is 8.16. The molecule has 0 bridgehead atoms. The molecule has 0 aliphatic rings. The van der Waals surface area contributed by atoms with E-state index in [0.29, 0.717) is 17.3 Å². The third-order valence-electron chi connectivity index (χ3n) is 3.71. The van der Waals surface area contributed by atoms with Crippen molar-refractivity contribution in [3.8, 4) is 5.69 Å². The molecule has 0 unspecified atom stereocenters. The summed E-state index contributed by atoms with van der Waals surface area (Å²) in [7, 11) is 0. The molecular weight excluding hydrogens is 322 g/mol. The molecule has 0 atom stereocenters. The Morgan fingerprint density at radius 1 is 1.12 bits per heavy atom. The Morgan fingerprint density at radius 3 is 2.67 bits per heavy atom. The second-order valence-corrected chi connectivity index (χ2v) is 5.99. The van der Waals surface area contributed by atoms with Crippen LogP contribution in [0.1, 0.15) is 21.7 Å². The number of hydrogen-bond acceptors (Lipinski definition) is 2. The number of nitrogens with one attached hydrogen (secondary N) is 1. The zero-order valence-corrected chi connectivity index (χ0v) is 14.1. The summed E-state index contributed by atoms with van der Waals surface area (Å²) in [5, 5.41) is 8.01. The first-order valence-electron chi connectivity index (χ1n) is 7.78. The van der Waals surface area contributed by atoms with E-state index in [0.717, 1.165) is 23.4 Å². The van der Waals surface area contributed by atoms with E-state index in [4.69, 9.17) is 11.6 Å². The van der Waals surface area contributed by atoms with Gasteiger partial charge in [0.15, 0.2) is 5.69 Å². The number of aromatic nitrogens is 2. The van der Waals surface area contributed by atoms with Crippen LogP contribution in [0.2, 0.25) is 5.02 Å². The fourth-order valence-corrected chi connectivity index (χ4v) is 2.73. The second-order valence-electron chi connectivity index (χ2n) is 5.55. The lowest BCUT2D eigenvalue weighted by Crippen LogP contribution is -2.26. The van der Waals surface area contributed by atoms with Crippen LogP contribution in [0.15, 0.2) is 60.7 Å². The molecule has 0 radical (unpaired) electrons.